The van der Waals surface area contributed by atoms with Crippen LogP contribution in [0.25, 0.3) is 143 Å². The van der Waals surface area contributed by atoms with E-state index in [0.717, 1.165) is 122 Å². The largest absolute Gasteiger partial charge is 0.455 e. The van der Waals surface area contributed by atoms with Gasteiger partial charge in [0.15, 0.2) is 0 Å². The number of aromatic nitrogens is 2. The molecule has 0 unspecified atom stereocenters. The summed E-state index contributed by atoms with van der Waals surface area (Å²) in [6, 6.07) is 116. The average molecular weight is 1200 g/mol. The van der Waals surface area contributed by atoms with Crippen molar-refractivity contribution in [3.05, 3.63) is 340 Å². The molecule has 440 valence electrons. The predicted molar refractivity (Wildman–Crippen MR) is 393 cm³/mol. The van der Waals surface area contributed by atoms with Crippen LogP contribution in [0.15, 0.2) is 349 Å². The number of rotatable bonds is 10. The van der Waals surface area contributed by atoms with Gasteiger partial charge in [0.1, 0.15) is 22.3 Å². The lowest BCUT2D eigenvalue weighted by Crippen LogP contribution is -2.11. The fraction of sp³-hybridized carbons (Fsp3) is 0. The topological polar surface area (TPSA) is 58.5 Å². The average Bonchev–Trinajstić information content (AvgIpc) is 0.986. The molecular formula is C88H56N4O2. The Kier molecular flexibility index (Phi) is 13.1. The molecule has 0 aliphatic rings. The summed E-state index contributed by atoms with van der Waals surface area (Å²) >= 11 is 0. The highest BCUT2D eigenvalue weighted by Crippen LogP contribution is 2.49. The van der Waals surface area contributed by atoms with Crippen molar-refractivity contribution in [3.8, 4) is 44.5 Å². The Bertz CT molecular complexity index is 5690. The number of para-hydroxylation sites is 6. The molecule has 4 heterocycles. The Balaban J connectivity index is 0.000000208. The van der Waals surface area contributed by atoms with Gasteiger partial charge in [0, 0.05) is 89.4 Å². The van der Waals surface area contributed by atoms with E-state index in [1.54, 1.807) is 0 Å². The fourth-order valence-electron chi connectivity index (χ4n) is 14.3. The van der Waals surface area contributed by atoms with Crippen molar-refractivity contribution in [2.75, 3.05) is 9.80 Å². The van der Waals surface area contributed by atoms with Gasteiger partial charge in [0.25, 0.3) is 0 Å². The Labute approximate surface area is 542 Å². The minimum Gasteiger partial charge on any atom is -0.455 e. The summed E-state index contributed by atoms with van der Waals surface area (Å²) in [5.74, 6) is 0. The Morgan fingerprint density at radius 3 is 1.03 bits per heavy atom. The maximum atomic E-state index is 6.54. The number of fused-ring (bicyclic) bond motifs is 9. The quantitative estimate of drug-likeness (QED) is 0.127. The molecule has 0 atom stereocenters. The standard InChI is InChI=1S/C64H40N2O2.C24H16N2/c1-3-17-45(18-4-1)65(47-21-11-15-43(39-47)49-25-13-27-53-51-23-7-9-29-59(51)67-63(49)53)57-37-33-41-32-36-56-58(38-34-42-31-35-55(57)61(41)62(42)56)66(46-19-5-2-6-20-46)48-22-12-16-44(40-48)50-26-14-28-54-52-24-8-10-30-60(52)68-64(50)54;1-3-7-17(8-4-1)19-13-15-25-23-21(19)11-12-22-20(14-16-26-24(22)23)18-9-5-2-6-10-18/h1-40H;1-16H. The van der Waals surface area contributed by atoms with Gasteiger partial charge in [-0.05, 0) is 140 Å². The molecule has 94 heavy (non-hydrogen) atoms. The van der Waals surface area contributed by atoms with Gasteiger partial charge < -0.3 is 18.6 Å². The second-order valence-corrected chi connectivity index (χ2v) is 23.9. The van der Waals surface area contributed by atoms with E-state index < -0.39 is 0 Å². The molecule has 0 fully saturated rings. The molecule has 6 nitrogen and oxygen atoms in total. The lowest BCUT2D eigenvalue weighted by atomic mass is 9.91. The van der Waals surface area contributed by atoms with Crippen molar-refractivity contribution >= 4 is 132 Å². The van der Waals surface area contributed by atoms with Gasteiger partial charge in [-0.15, -0.1) is 0 Å². The van der Waals surface area contributed by atoms with Crippen LogP contribution in [0.3, 0.4) is 0 Å². The summed E-state index contributed by atoms with van der Waals surface area (Å²) in [7, 11) is 0. The number of pyridine rings is 2. The van der Waals surface area contributed by atoms with Gasteiger partial charge in [0.2, 0.25) is 0 Å². The van der Waals surface area contributed by atoms with Gasteiger partial charge in [-0.1, -0.05) is 243 Å². The highest BCUT2D eigenvalue weighted by molar-refractivity contribution is 6.28. The fourth-order valence-corrected chi connectivity index (χ4v) is 14.3. The predicted octanol–water partition coefficient (Wildman–Crippen LogP) is 24.8. The highest BCUT2D eigenvalue weighted by atomic mass is 16.3. The maximum Gasteiger partial charge on any atom is 0.143 e. The van der Waals surface area contributed by atoms with Crippen molar-refractivity contribution in [1.29, 1.82) is 0 Å². The van der Waals surface area contributed by atoms with Crippen LogP contribution in [0.4, 0.5) is 34.1 Å². The molecule has 19 aromatic rings. The van der Waals surface area contributed by atoms with Crippen LogP contribution in [0.2, 0.25) is 0 Å². The molecule has 0 aliphatic heterocycles. The number of nitrogens with zero attached hydrogens (tertiary/aromatic N) is 4. The van der Waals surface area contributed by atoms with E-state index in [-0.39, 0.29) is 0 Å². The van der Waals surface area contributed by atoms with Gasteiger partial charge >= 0.3 is 0 Å². The van der Waals surface area contributed by atoms with E-state index in [1.807, 2.05) is 48.8 Å². The molecule has 0 spiro atoms. The van der Waals surface area contributed by atoms with Crippen molar-refractivity contribution in [2.45, 2.75) is 0 Å². The third kappa shape index (κ3) is 9.18. The first-order valence-corrected chi connectivity index (χ1v) is 31.8. The molecule has 0 aliphatic carbocycles. The molecule has 0 bridgehead atoms. The number of anilines is 6. The summed E-state index contributed by atoms with van der Waals surface area (Å²) in [6.07, 6.45) is 3.75. The van der Waals surface area contributed by atoms with Crippen LogP contribution >= 0.6 is 0 Å². The van der Waals surface area contributed by atoms with Gasteiger partial charge in [-0.25, -0.2) is 0 Å². The van der Waals surface area contributed by atoms with Crippen molar-refractivity contribution in [3.63, 3.8) is 0 Å². The Morgan fingerprint density at radius 2 is 0.585 bits per heavy atom. The van der Waals surface area contributed by atoms with E-state index >= 15 is 0 Å². The monoisotopic (exact) mass is 1200 g/mol. The number of furan rings is 2. The zero-order valence-electron chi connectivity index (χ0n) is 50.9. The third-order valence-corrected chi connectivity index (χ3v) is 18.6. The van der Waals surface area contributed by atoms with Crippen LogP contribution in [0.1, 0.15) is 0 Å². The molecule has 0 radical (unpaired) electrons. The van der Waals surface area contributed by atoms with Crippen LogP contribution in [0.5, 0.6) is 0 Å². The zero-order chi connectivity index (χ0) is 62.1. The summed E-state index contributed by atoms with van der Waals surface area (Å²) in [6.45, 7) is 0. The molecule has 0 saturated carbocycles. The SMILES string of the molecule is c1ccc(-c2ccnc3c2ccc2c(-c4ccccc4)ccnc23)cc1.c1ccc(N(c2cccc(-c3cccc4c3oc3ccccc34)c2)c2ccc3ccc4c(N(c5ccccc5)c5cccc(-c6cccc7c6oc6ccccc67)c5)ccc5ccc2c3c54)cc1. The Hall–Kier alpha value is -12.6. The smallest absolute Gasteiger partial charge is 0.143 e. The minimum atomic E-state index is 0.894. The van der Waals surface area contributed by atoms with Crippen molar-refractivity contribution < 1.29 is 8.83 Å². The summed E-state index contributed by atoms with van der Waals surface area (Å²) in [5.41, 5.74) is 21.0. The van der Waals surface area contributed by atoms with E-state index in [0.29, 0.717) is 0 Å². The van der Waals surface area contributed by atoms with Crippen LogP contribution in [-0.4, -0.2) is 9.97 Å². The molecule has 15 aromatic carbocycles. The second-order valence-electron chi connectivity index (χ2n) is 23.9. The van der Waals surface area contributed by atoms with E-state index in [2.05, 4.69) is 311 Å². The van der Waals surface area contributed by atoms with Gasteiger partial charge in [-0.2, -0.15) is 0 Å². The first kappa shape index (κ1) is 54.3. The lowest BCUT2D eigenvalue weighted by Gasteiger charge is -2.29. The van der Waals surface area contributed by atoms with Gasteiger partial charge in [0.05, 0.1) is 22.4 Å². The second kappa shape index (κ2) is 22.7. The molecular weight excluding hydrogens is 1140 g/mol. The first-order valence-electron chi connectivity index (χ1n) is 31.8. The Morgan fingerprint density at radius 1 is 0.234 bits per heavy atom. The highest BCUT2D eigenvalue weighted by Gasteiger charge is 2.24. The summed E-state index contributed by atoms with van der Waals surface area (Å²) in [4.78, 5) is 14.1. The molecule has 0 N–H and O–H groups in total. The van der Waals surface area contributed by atoms with Crippen LogP contribution in [0, 0.1) is 0 Å². The van der Waals surface area contributed by atoms with Crippen LogP contribution < -0.4 is 9.80 Å². The van der Waals surface area contributed by atoms with E-state index in [9.17, 15) is 0 Å². The molecule has 6 heteroatoms. The first-order chi connectivity index (χ1) is 46.6. The van der Waals surface area contributed by atoms with Crippen LogP contribution in [-0.2, 0) is 0 Å². The molecule has 0 amide bonds. The van der Waals surface area contributed by atoms with Crippen molar-refractivity contribution in [2.24, 2.45) is 0 Å². The third-order valence-electron chi connectivity index (χ3n) is 18.6. The minimum absolute atomic E-state index is 0.894. The number of benzene rings is 15. The summed E-state index contributed by atoms with van der Waals surface area (Å²) in [5, 5.41) is 14.0. The molecule has 0 saturated heterocycles. The molecule has 4 aromatic heterocycles. The number of hydrogen-bond acceptors (Lipinski definition) is 6. The normalized spacial score (nSPS) is 11.6. The van der Waals surface area contributed by atoms with E-state index in [4.69, 9.17) is 8.83 Å². The summed E-state index contributed by atoms with van der Waals surface area (Å²) < 4.78 is 13.1. The maximum absolute atomic E-state index is 6.54. The molecule has 19 rings (SSSR count). The van der Waals surface area contributed by atoms with Crippen molar-refractivity contribution in [1.82, 2.24) is 9.97 Å². The lowest BCUT2D eigenvalue weighted by molar-refractivity contribution is 0.669. The van der Waals surface area contributed by atoms with Gasteiger partial charge in [-0.3, -0.25) is 9.97 Å². The van der Waals surface area contributed by atoms with E-state index in [1.165, 1.54) is 54.6 Å². The zero-order valence-corrected chi connectivity index (χ0v) is 50.9. The number of hydrogen-bond donors (Lipinski definition) is 0.